The average molecular weight is 1130 g/mol. The molecule has 0 rings (SSSR count). The van der Waals surface area contributed by atoms with E-state index in [-0.39, 0.29) is 31.1 Å². The largest absolute Gasteiger partial charge is 0.462 e. The average Bonchev–Trinajstić information content (AvgIpc) is 3.46. The van der Waals surface area contributed by atoms with Crippen LogP contribution in [0.4, 0.5) is 0 Å². The predicted octanol–water partition coefficient (Wildman–Crippen LogP) is 23.8. The van der Waals surface area contributed by atoms with E-state index in [1.165, 1.54) is 167 Å². The Kier molecular flexibility index (Phi) is 65.2. The molecule has 0 aromatic heterocycles. The highest BCUT2D eigenvalue weighted by atomic mass is 16.6. The van der Waals surface area contributed by atoms with Crippen molar-refractivity contribution >= 4 is 17.9 Å². The standard InChI is InChI=1S/C75H128O6/c1-4-7-10-13-16-19-22-25-27-29-31-33-35-36-37-38-40-41-43-45-47-50-53-56-59-62-65-68-74(77)80-71-72(70-79-73(76)67-64-61-58-55-52-49-24-21-18-15-12-9-6-3)81-75(78)69-66-63-60-57-54-51-48-46-44-42-39-34-32-30-28-26-23-20-17-14-11-8-5-2/h8-9,11-12,17-18,20-21,26,28-29,31-32,34,42,44,49,52,72H,4-7,10,13-16,19,22-25,27,30,33,35-41,43,45-48,50-51,53-71H2,1-3H3/b11-8-,12-9-,20-17-,21-18-,28-26-,31-29-,34-32-,44-42-,52-49-. The Labute approximate surface area is 501 Å². The summed E-state index contributed by atoms with van der Waals surface area (Å²) in [6.07, 6.45) is 94.0. The summed E-state index contributed by atoms with van der Waals surface area (Å²) in [7, 11) is 0. The van der Waals surface area contributed by atoms with Gasteiger partial charge in [-0.05, 0) is 122 Å². The smallest absolute Gasteiger partial charge is 0.306 e. The van der Waals surface area contributed by atoms with Crippen LogP contribution in [-0.2, 0) is 28.6 Å². The molecule has 0 fully saturated rings. The Hall–Kier alpha value is -3.93. The molecule has 0 N–H and O–H groups in total. The van der Waals surface area contributed by atoms with Crippen molar-refractivity contribution in [1.82, 2.24) is 0 Å². The van der Waals surface area contributed by atoms with Crippen LogP contribution >= 0.6 is 0 Å². The molecule has 6 nitrogen and oxygen atoms in total. The van der Waals surface area contributed by atoms with Crippen LogP contribution in [0.5, 0.6) is 0 Å². The topological polar surface area (TPSA) is 78.9 Å². The first-order valence-corrected chi connectivity index (χ1v) is 34.4. The van der Waals surface area contributed by atoms with Crippen molar-refractivity contribution in [3.8, 4) is 0 Å². The number of hydrogen-bond donors (Lipinski definition) is 0. The van der Waals surface area contributed by atoms with E-state index in [1.807, 2.05) is 0 Å². The molecule has 0 radical (unpaired) electrons. The first-order chi connectivity index (χ1) is 40.0. The Balaban J connectivity index is 4.31. The van der Waals surface area contributed by atoms with Crippen LogP contribution in [0, 0.1) is 0 Å². The molecular weight excluding hydrogens is 997 g/mol. The monoisotopic (exact) mass is 1120 g/mol. The van der Waals surface area contributed by atoms with Gasteiger partial charge in [0.15, 0.2) is 6.10 Å². The molecule has 0 saturated carbocycles. The minimum Gasteiger partial charge on any atom is -0.462 e. The van der Waals surface area contributed by atoms with E-state index >= 15 is 0 Å². The van der Waals surface area contributed by atoms with Crippen LogP contribution in [-0.4, -0.2) is 37.2 Å². The van der Waals surface area contributed by atoms with Crippen LogP contribution in [0.2, 0.25) is 0 Å². The number of carbonyl (C=O) groups excluding carboxylic acids is 3. The maximum Gasteiger partial charge on any atom is 0.306 e. The normalized spacial score (nSPS) is 12.8. The third-order valence-corrected chi connectivity index (χ3v) is 14.7. The van der Waals surface area contributed by atoms with E-state index in [0.717, 1.165) is 122 Å². The van der Waals surface area contributed by atoms with Gasteiger partial charge in [-0.2, -0.15) is 0 Å². The second-order valence-corrected chi connectivity index (χ2v) is 22.7. The molecule has 0 aliphatic heterocycles. The minimum atomic E-state index is -0.799. The molecule has 6 heteroatoms. The Morgan fingerprint density at radius 2 is 0.481 bits per heavy atom. The van der Waals surface area contributed by atoms with Crippen LogP contribution in [0.15, 0.2) is 109 Å². The molecule has 0 aliphatic rings. The van der Waals surface area contributed by atoms with Crippen molar-refractivity contribution in [1.29, 1.82) is 0 Å². The highest BCUT2D eigenvalue weighted by molar-refractivity contribution is 5.71. The van der Waals surface area contributed by atoms with Crippen LogP contribution < -0.4 is 0 Å². The highest BCUT2D eigenvalue weighted by Gasteiger charge is 2.19. The van der Waals surface area contributed by atoms with E-state index in [4.69, 9.17) is 14.2 Å². The summed E-state index contributed by atoms with van der Waals surface area (Å²) in [5.41, 5.74) is 0. The molecule has 0 spiro atoms. The van der Waals surface area contributed by atoms with Gasteiger partial charge < -0.3 is 14.2 Å². The fraction of sp³-hybridized carbons (Fsp3) is 0.720. The van der Waals surface area contributed by atoms with Gasteiger partial charge in [-0.15, -0.1) is 0 Å². The van der Waals surface area contributed by atoms with Gasteiger partial charge in [0.1, 0.15) is 13.2 Å². The molecule has 1 unspecified atom stereocenters. The molecule has 0 saturated heterocycles. The van der Waals surface area contributed by atoms with Crippen molar-refractivity contribution in [3.63, 3.8) is 0 Å². The molecule has 1 atom stereocenters. The van der Waals surface area contributed by atoms with Gasteiger partial charge in [0, 0.05) is 19.3 Å². The molecule has 0 bridgehead atoms. The lowest BCUT2D eigenvalue weighted by Gasteiger charge is -2.18. The quantitative estimate of drug-likeness (QED) is 0.0261. The molecule has 81 heavy (non-hydrogen) atoms. The molecule has 0 aromatic rings. The zero-order valence-corrected chi connectivity index (χ0v) is 53.3. The second-order valence-electron chi connectivity index (χ2n) is 22.7. The summed E-state index contributed by atoms with van der Waals surface area (Å²) in [5.74, 6) is -0.923. The highest BCUT2D eigenvalue weighted by Crippen LogP contribution is 2.17. The Morgan fingerprint density at radius 1 is 0.259 bits per heavy atom. The number of hydrogen-bond acceptors (Lipinski definition) is 6. The van der Waals surface area contributed by atoms with Gasteiger partial charge in [0.2, 0.25) is 0 Å². The number of allylic oxidation sites excluding steroid dienone is 18. The van der Waals surface area contributed by atoms with Crippen molar-refractivity contribution in [3.05, 3.63) is 109 Å². The molecule has 0 amide bonds. The van der Waals surface area contributed by atoms with Gasteiger partial charge in [-0.25, -0.2) is 0 Å². The Morgan fingerprint density at radius 3 is 0.778 bits per heavy atom. The molecule has 464 valence electrons. The molecular formula is C75H128O6. The first-order valence-electron chi connectivity index (χ1n) is 34.4. The fourth-order valence-electron chi connectivity index (χ4n) is 9.66. The van der Waals surface area contributed by atoms with E-state index in [1.54, 1.807) is 0 Å². The van der Waals surface area contributed by atoms with Gasteiger partial charge in [0.25, 0.3) is 0 Å². The first kappa shape index (κ1) is 77.1. The van der Waals surface area contributed by atoms with Crippen molar-refractivity contribution in [2.24, 2.45) is 0 Å². The third kappa shape index (κ3) is 66.8. The summed E-state index contributed by atoms with van der Waals surface area (Å²) < 4.78 is 16.9. The molecule has 0 heterocycles. The fourth-order valence-corrected chi connectivity index (χ4v) is 9.66. The van der Waals surface area contributed by atoms with Crippen LogP contribution in [0.25, 0.3) is 0 Å². The number of unbranched alkanes of at least 4 members (excludes halogenated alkanes) is 33. The van der Waals surface area contributed by atoms with Gasteiger partial charge >= 0.3 is 17.9 Å². The summed E-state index contributed by atoms with van der Waals surface area (Å²) in [6, 6.07) is 0. The molecule has 0 aromatic carbocycles. The lowest BCUT2D eigenvalue weighted by Crippen LogP contribution is -2.30. The van der Waals surface area contributed by atoms with E-state index in [0.29, 0.717) is 19.3 Å². The van der Waals surface area contributed by atoms with Crippen molar-refractivity contribution in [2.45, 2.75) is 335 Å². The SMILES string of the molecule is CC/C=C\C/C=C\C/C=C\C/C=C\C/C=C\CCCCCCCCCC(=O)OC(COC(=O)CCCCC/C=C\C/C=C\C/C=C\CC)COC(=O)CCCCCCCCCCCCCCCCC/C=C\CCCCCCCCCC. The van der Waals surface area contributed by atoms with E-state index in [2.05, 4.69) is 130 Å². The lowest BCUT2D eigenvalue weighted by molar-refractivity contribution is -0.167. The summed E-state index contributed by atoms with van der Waals surface area (Å²) in [6.45, 7) is 6.41. The second kappa shape index (κ2) is 68.6. The predicted molar refractivity (Wildman–Crippen MR) is 353 cm³/mol. The van der Waals surface area contributed by atoms with Crippen molar-refractivity contribution in [2.75, 3.05) is 13.2 Å². The Bertz CT molecular complexity index is 1620. The van der Waals surface area contributed by atoms with Crippen LogP contribution in [0.1, 0.15) is 329 Å². The third-order valence-electron chi connectivity index (χ3n) is 14.7. The van der Waals surface area contributed by atoms with Crippen LogP contribution in [0.3, 0.4) is 0 Å². The van der Waals surface area contributed by atoms with E-state index < -0.39 is 6.10 Å². The number of rotatable bonds is 62. The van der Waals surface area contributed by atoms with Gasteiger partial charge in [-0.3, -0.25) is 14.4 Å². The number of ether oxygens (including phenoxy) is 3. The van der Waals surface area contributed by atoms with Crippen molar-refractivity contribution < 1.29 is 28.6 Å². The number of esters is 3. The summed E-state index contributed by atoms with van der Waals surface area (Å²) in [4.78, 5) is 38.4. The zero-order valence-electron chi connectivity index (χ0n) is 53.3. The zero-order chi connectivity index (χ0) is 58.5. The lowest BCUT2D eigenvalue weighted by atomic mass is 10.0. The maximum atomic E-state index is 12.9. The van der Waals surface area contributed by atoms with E-state index in [9.17, 15) is 14.4 Å². The minimum absolute atomic E-state index is 0.0915. The van der Waals surface area contributed by atoms with Gasteiger partial charge in [-0.1, -0.05) is 297 Å². The number of carbonyl (C=O) groups is 3. The summed E-state index contributed by atoms with van der Waals surface area (Å²) in [5, 5.41) is 0. The molecule has 0 aliphatic carbocycles. The maximum absolute atomic E-state index is 12.9. The summed E-state index contributed by atoms with van der Waals surface area (Å²) >= 11 is 0. The van der Waals surface area contributed by atoms with Gasteiger partial charge in [0.05, 0.1) is 0 Å².